The number of nitrogen functional groups attached to an aromatic ring is 1. The van der Waals surface area contributed by atoms with E-state index in [1.54, 1.807) is 23.1 Å². The maximum atomic E-state index is 11.9. The molecule has 0 bridgehead atoms. The van der Waals surface area contributed by atoms with E-state index in [9.17, 15) is 4.79 Å². The van der Waals surface area contributed by atoms with Gasteiger partial charge in [-0.3, -0.25) is 0 Å². The smallest absolute Gasteiger partial charge is 0.409 e. The molecule has 0 aromatic heterocycles. The summed E-state index contributed by atoms with van der Waals surface area (Å²) in [5, 5.41) is 12.2. The lowest BCUT2D eigenvalue weighted by atomic mass is 10.1. The Labute approximate surface area is 130 Å². The van der Waals surface area contributed by atoms with Crippen molar-refractivity contribution < 1.29 is 9.53 Å². The van der Waals surface area contributed by atoms with Gasteiger partial charge in [0.25, 0.3) is 0 Å². The fraction of sp³-hybridized carbons (Fsp3) is 0.500. The van der Waals surface area contributed by atoms with Gasteiger partial charge in [0.1, 0.15) is 0 Å². The topological polar surface area (TPSA) is 91.4 Å². The fourth-order valence-corrected chi connectivity index (χ4v) is 2.42. The molecule has 6 nitrogen and oxygen atoms in total. The van der Waals surface area contributed by atoms with Gasteiger partial charge in [0.15, 0.2) is 0 Å². The van der Waals surface area contributed by atoms with Crippen LogP contribution in [-0.4, -0.2) is 36.7 Å². The molecule has 2 rings (SSSR count). The highest BCUT2D eigenvalue weighted by molar-refractivity contribution is 5.70. The van der Waals surface area contributed by atoms with Crippen molar-refractivity contribution in [3.8, 4) is 6.07 Å². The van der Waals surface area contributed by atoms with Crippen LogP contribution in [0.4, 0.5) is 16.2 Å². The third-order valence-electron chi connectivity index (χ3n) is 3.71. The second-order valence-electron chi connectivity index (χ2n) is 5.46. The first-order valence-electron chi connectivity index (χ1n) is 7.62. The second kappa shape index (κ2) is 7.55. The number of nitrogens with one attached hydrogen (secondary N) is 1. The van der Waals surface area contributed by atoms with E-state index in [2.05, 4.69) is 18.3 Å². The molecular formula is C16H22N4O2. The summed E-state index contributed by atoms with van der Waals surface area (Å²) in [6.07, 6.45) is 2.51. The van der Waals surface area contributed by atoms with Crippen LogP contribution in [0.25, 0.3) is 0 Å². The van der Waals surface area contributed by atoms with Gasteiger partial charge in [-0.1, -0.05) is 13.3 Å². The van der Waals surface area contributed by atoms with Crippen molar-refractivity contribution in [2.24, 2.45) is 0 Å². The summed E-state index contributed by atoms with van der Waals surface area (Å²) in [5.41, 5.74) is 7.81. The van der Waals surface area contributed by atoms with Gasteiger partial charge in [0.05, 0.1) is 29.6 Å². The number of amides is 1. The zero-order chi connectivity index (χ0) is 15.9. The number of ether oxygens (including phenoxy) is 1. The van der Waals surface area contributed by atoms with Gasteiger partial charge < -0.3 is 20.7 Å². The van der Waals surface area contributed by atoms with Gasteiger partial charge in [-0.05, 0) is 31.0 Å². The van der Waals surface area contributed by atoms with Gasteiger partial charge in [0, 0.05) is 19.1 Å². The van der Waals surface area contributed by atoms with E-state index >= 15 is 0 Å². The molecule has 22 heavy (non-hydrogen) atoms. The molecule has 3 N–H and O–H groups in total. The molecule has 1 aliphatic rings. The minimum absolute atomic E-state index is 0.147. The van der Waals surface area contributed by atoms with Crippen molar-refractivity contribution in [3.63, 3.8) is 0 Å². The zero-order valence-corrected chi connectivity index (χ0v) is 12.8. The van der Waals surface area contributed by atoms with E-state index in [1.807, 2.05) is 0 Å². The Morgan fingerprint density at radius 3 is 3.09 bits per heavy atom. The number of hydrogen-bond acceptors (Lipinski definition) is 5. The molecule has 6 heteroatoms. The average molecular weight is 302 g/mol. The molecule has 0 spiro atoms. The van der Waals surface area contributed by atoms with Crippen LogP contribution in [0.3, 0.4) is 0 Å². The molecule has 1 aromatic rings. The number of hydrogen-bond donors (Lipinski definition) is 2. The van der Waals surface area contributed by atoms with Crippen molar-refractivity contribution in [2.45, 2.75) is 32.2 Å². The monoisotopic (exact) mass is 302 g/mol. The fourth-order valence-electron chi connectivity index (χ4n) is 2.42. The molecule has 118 valence electrons. The minimum Gasteiger partial charge on any atom is -0.449 e. The second-order valence-corrected chi connectivity index (χ2v) is 5.46. The summed E-state index contributed by atoms with van der Waals surface area (Å²) in [7, 11) is 0. The van der Waals surface area contributed by atoms with Crippen LogP contribution < -0.4 is 11.1 Å². The minimum atomic E-state index is -0.245. The highest BCUT2D eigenvalue weighted by atomic mass is 16.6. The molecule has 1 aliphatic heterocycles. The summed E-state index contributed by atoms with van der Waals surface area (Å²) in [4.78, 5) is 13.6. The van der Waals surface area contributed by atoms with Crippen LogP contribution in [0.2, 0.25) is 0 Å². The highest BCUT2D eigenvalue weighted by Crippen LogP contribution is 2.23. The predicted octanol–water partition coefficient (Wildman–Crippen LogP) is 2.56. The number of rotatable bonds is 5. The Bertz CT molecular complexity index is 568. The molecule has 1 unspecified atom stereocenters. The summed E-state index contributed by atoms with van der Waals surface area (Å²) < 4.78 is 5.22. The molecule has 1 amide bonds. The SMILES string of the molecule is CCCCOC(=O)N1CCC(Nc2ccc(C#N)cc2N)C1. The van der Waals surface area contributed by atoms with Crippen molar-refractivity contribution in [1.29, 1.82) is 5.26 Å². The van der Waals surface area contributed by atoms with E-state index in [0.29, 0.717) is 30.9 Å². The summed E-state index contributed by atoms with van der Waals surface area (Å²) >= 11 is 0. The average Bonchev–Trinajstić information content (AvgIpc) is 2.98. The largest absolute Gasteiger partial charge is 0.449 e. The van der Waals surface area contributed by atoms with Crippen molar-refractivity contribution in [2.75, 3.05) is 30.7 Å². The Morgan fingerprint density at radius 1 is 1.59 bits per heavy atom. The van der Waals surface area contributed by atoms with Gasteiger partial charge in [-0.15, -0.1) is 0 Å². The highest BCUT2D eigenvalue weighted by Gasteiger charge is 2.27. The van der Waals surface area contributed by atoms with E-state index in [-0.39, 0.29) is 12.1 Å². The molecule has 1 fully saturated rings. The number of nitrogens with zero attached hydrogens (tertiary/aromatic N) is 2. The summed E-state index contributed by atoms with van der Waals surface area (Å²) in [6, 6.07) is 7.38. The van der Waals surface area contributed by atoms with Crippen molar-refractivity contribution in [1.82, 2.24) is 4.90 Å². The van der Waals surface area contributed by atoms with Gasteiger partial charge in [0.2, 0.25) is 0 Å². The lowest BCUT2D eigenvalue weighted by Gasteiger charge is -2.18. The van der Waals surface area contributed by atoms with Crippen LogP contribution in [0.15, 0.2) is 18.2 Å². The van der Waals surface area contributed by atoms with E-state index in [1.165, 1.54) is 0 Å². The first kappa shape index (κ1) is 16.0. The van der Waals surface area contributed by atoms with E-state index in [0.717, 1.165) is 24.9 Å². The summed E-state index contributed by atoms with van der Waals surface area (Å²) in [6.45, 7) is 3.82. The van der Waals surface area contributed by atoms with Crippen LogP contribution in [-0.2, 0) is 4.74 Å². The molecule has 1 atom stereocenters. The number of carbonyl (C=O) groups excluding carboxylic acids is 1. The lowest BCUT2D eigenvalue weighted by Crippen LogP contribution is -2.32. The van der Waals surface area contributed by atoms with E-state index in [4.69, 9.17) is 15.7 Å². The number of anilines is 2. The Hall–Kier alpha value is -2.42. The molecule has 0 radical (unpaired) electrons. The number of carbonyl (C=O) groups is 1. The lowest BCUT2D eigenvalue weighted by molar-refractivity contribution is 0.109. The van der Waals surface area contributed by atoms with Crippen LogP contribution >= 0.6 is 0 Å². The maximum absolute atomic E-state index is 11.9. The number of likely N-dealkylation sites (tertiary alicyclic amines) is 1. The first-order chi connectivity index (χ1) is 10.6. The molecule has 0 saturated carbocycles. The van der Waals surface area contributed by atoms with Gasteiger partial charge in [-0.25, -0.2) is 4.79 Å². The predicted molar refractivity (Wildman–Crippen MR) is 85.4 cm³/mol. The number of unbranched alkanes of at least 4 members (excludes halogenated alkanes) is 1. The number of nitrogens with two attached hydrogens (primary N) is 1. The van der Waals surface area contributed by atoms with Crippen LogP contribution in [0, 0.1) is 11.3 Å². The first-order valence-corrected chi connectivity index (χ1v) is 7.62. The van der Waals surface area contributed by atoms with Gasteiger partial charge >= 0.3 is 6.09 Å². The van der Waals surface area contributed by atoms with Crippen molar-refractivity contribution >= 4 is 17.5 Å². The Balaban J connectivity index is 1.86. The third-order valence-corrected chi connectivity index (χ3v) is 3.71. The van der Waals surface area contributed by atoms with Crippen LogP contribution in [0.5, 0.6) is 0 Å². The number of benzene rings is 1. The Morgan fingerprint density at radius 2 is 2.41 bits per heavy atom. The number of nitriles is 1. The standard InChI is InChI=1S/C16H22N4O2/c1-2-3-8-22-16(21)20-7-6-13(11-20)19-15-5-4-12(10-17)9-14(15)18/h4-5,9,13,19H,2-3,6-8,11,18H2,1H3. The van der Waals surface area contributed by atoms with E-state index < -0.39 is 0 Å². The molecular weight excluding hydrogens is 280 g/mol. The molecule has 1 heterocycles. The third kappa shape index (κ3) is 4.04. The Kier molecular flexibility index (Phi) is 5.48. The normalized spacial score (nSPS) is 17.1. The zero-order valence-electron chi connectivity index (χ0n) is 12.8. The van der Waals surface area contributed by atoms with Gasteiger partial charge in [-0.2, -0.15) is 5.26 Å². The molecule has 1 saturated heterocycles. The quantitative estimate of drug-likeness (QED) is 0.644. The molecule has 1 aromatic carbocycles. The maximum Gasteiger partial charge on any atom is 0.409 e. The van der Waals surface area contributed by atoms with Crippen molar-refractivity contribution in [3.05, 3.63) is 23.8 Å². The summed E-state index contributed by atoms with van der Waals surface area (Å²) in [5.74, 6) is 0. The van der Waals surface area contributed by atoms with Crippen LogP contribution in [0.1, 0.15) is 31.7 Å². The molecule has 0 aliphatic carbocycles.